The number of hydrogen-bond acceptors (Lipinski definition) is 6. The van der Waals surface area contributed by atoms with Crippen LogP contribution in [0.25, 0.3) is 11.2 Å². The number of rotatable bonds is 3. The van der Waals surface area contributed by atoms with Gasteiger partial charge in [-0.1, -0.05) is 6.07 Å². The number of carbonyl (C=O) groups excluding carboxylic acids is 1. The average Bonchev–Trinajstić information content (AvgIpc) is 3.03. The summed E-state index contributed by atoms with van der Waals surface area (Å²) in [4.78, 5) is 26.9. The predicted molar refractivity (Wildman–Crippen MR) is 84.3 cm³/mol. The molecule has 0 saturated carbocycles. The Kier molecular flexibility index (Phi) is 3.07. The maximum atomic E-state index is 11.4. The van der Waals surface area contributed by atoms with Crippen molar-refractivity contribution in [3.8, 4) is 5.75 Å². The van der Waals surface area contributed by atoms with E-state index >= 15 is 0 Å². The van der Waals surface area contributed by atoms with Crippen LogP contribution in [-0.4, -0.2) is 32.4 Å². The zero-order valence-electron chi connectivity index (χ0n) is 12.3. The van der Waals surface area contributed by atoms with E-state index in [1.807, 2.05) is 25.1 Å². The number of carbonyl (C=O) groups is 1. The molecule has 0 aliphatic carbocycles. The molecule has 116 valence electrons. The zero-order chi connectivity index (χ0) is 15.8. The average molecular weight is 310 g/mol. The van der Waals surface area contributed by atoms with Gasteiger partial charge < -0.3 is 20.4 Å². The number of nitrogens with one attached hydrogen (secondary N) is 3. The fraction of sp³-hybridized carbons (Fsp3) is 0.200. The molecular formula is C15H14N6O2. The molecular weight excluding hydrogens is 296 g/mol. The summed E-state index contributed by atoms with van der Waals surface area (Å²) in [5, 5.41) is 6.14. The summed E-state index contributed by atoms with van der Waals surface area (Å²) in [6, 6.07) is 5.68. The summed E-state index contributed by atoms with van der Waals surface area (Å²) in [7, 11) is 0. The molecule has 0 saturated heterocycles. The van der Waals surface area contributed by atoms with Gasteiger partial charge in [-0.05, 0) is 24.6 Å². The van der Waals surface area contributed by atoms with Crippen LogP contribution in [-0.2, 0) is 4.79 Å². The van der Waals surface area contributed by atoms with Gasteiger partial charge in [0.2, 0.25) is 0 Å². The number of fused-ring (bicyclic) bond motifs is 2. The van der Waals surface area contributed by atoms with Crippen LogP contribution in [0.2, 0.25) is 0 Å². The van der Waals surface area contributed by atoms with Crippen LogP contribution in [0.5, 0.6) is 5.75 Å². The molecule has 23 heavy (non-hydrogen) atoms. The number of ether oxygens (including phenoxy) is 1. The van der Waals surface area contributed by atoms with E-state index in [4.69, 9.17) is 4.74 Å². The monoisotopic (exact) mass is 310 g/mol. The quantitative estimate of drug-likeness (QED) is 0.682. The van der Waals surface area contributed by atoms with Crippen molar-refractivity contribution in [1.82, 2.24) is 19.9 Å². The molecule has 1 aliphatic heterocycles. The van der Waals surface area contributed by atoms with E-state index < -0.39 is 0 Å². The lowest BCUT2D eigenvalue weighted by atomic mass is 10.1. The second kappa shape index (κ2) is 5.24. The molecule has 3 N–H and O–H groups in total. The topological polar surface area (TPSA) is 105 Å². The first-order valence-electron chi connectivity index (χ1n) is 7.18. The van der Waals surface area contributed by atoms with Crippen LogP contribution in [0.1, 0.15) is 18.5 Å². The van der Waals surface area contributed by atoms with E-state index in [9.17, 15) is 4.79 Å². The molecule has 1 aromatic carbocycles. The molecule has 4 rings (SSSR count). The molecule has 1 aliphatic rings. The smallest absolute Gasteiger partial charge is 0.262 e. The second-order valence-electron chi connectivity index (χ2n) is 5.28. The highest BCUT2D eigenvalue weighted by molar-refractivity contribution is 5.95. The summed E-state index contributed by atoms with van der Waals surface area (Å²) in [5.74, 6) is 1.21. The third-order valence-electron chi connectivity index (χ3n) is 3.71. The number of imidazole rings is 1. The van der Waals surface area contributed by atoms with Gasteiger partial charge in [-0.25, -0.2) is 15.0 Å². The van der Waals surface area contributed by atoms with Crippen LogP contribution < -0.4 is 15.4 Å². The van der Waals surface area contributed by atoms with Gasteiger partial charge in [0.05, 0.1) is 18.1 Å². The molecule has 8 heteroatoms. The van der Waals surface area contributed by atoms with Gasteiger partial charge in [0.15, 0.2) is 18.1 Å². The molecule has 3 heterocycles. The van der Waals surface area contributed by atoms with Crippen molar-refractivity contribution in [2.75, 3.05) is 17.2 Å². The summed E-state index contributed by atoms with van der Waals surface area (Å²) in [6.45, 7) is 2.07. The lowest BCUT2D eigenvalue weighted by molar-refractivity contribution is -0.118. The van der Waals surface area contributed by atoms with E-state index in [0.29, 0.717) is 22.9 Å². The first kappa shape index (κ1) is 13.5. The summed E-state index contributed by atoms with van der Waals surface area (Å²) in [6.07, 6.45) is 3.06. The Morgan fingerprint density at radius 1 is 1.30 bits per heavy atom. The van der Waals surface area contributed by atoms with Gasteiger partial charge >= 0.3 is 0 Å². The number of anilines is 2. The van der Waals surface area contributed by atoms with E-state index in [0.717, 1.165) is 11.1 Å². The number of aromatic amines is 1. The molecule has 0 unspecified atom stereocenters. The van der Waals surface area contributed by atoms with Crippen molar-refractivity contribution < 1.29 is 9.53 Å². The minimum Gasteiger partial charge on any atom is -0.482 e. The molecule has 0 radical (unpaired) electrons. The molecule has 0 fully saturated rings. The van der Waals surface area contributed by atoms with E-state index in [2.05, 4.69) is 30.6 Å². The minimum absolute atomic E-state index is 0.0273. The van der Waals surface area contributed by atoms with Crippen LogP contribution in [0.4, 0.5) is 11.5 Å². The zero-order valence-corrected chi connectivity index (χ0v) is 12.3. The van der Waals surface area contributed by atoms with Crippen molar-refractivity contribution in [3.63, 3.8) is 0 Å². The van der Waals surface area contributed by atoms with Gasteiger partial charge in [0.1, 0.15) is 17.6 Å². The maximum Gasteiger partial charge on any atom is 0.262 e. The van der Waals surface area contributed by atoms with Gasteiger partial charge in [0.25, 0.3) is 5.91 Å². The third-order valence-corrected chi connectivity index (χ3v) is 3.71. The van der Waals surface area contributed by atoms with Crippen molar-refractivity contribution in [2.45, 2.75) is 13.0 Å². The van der Waals surface area contributed by atoms with Crippen molar-refractivity contribution in [2.24, 2.45) is 0 Å². The maximum absolute atomic E-state index is 11.4. The fourth-order valence-corrected chi connectivity index (χ4v) is 2.53. The van der Waals surface area contributed by atoms with Gasteiger partial charge in [-0.3, -0.25) is 4.79 Å². The van der Waals surface area contributed by atoms with E-state index in [-0.39, 0.29) is 18.6 Å². The molecule has 1 atom stereocenters. The summed E-state index contributed by atoms with van der Waals surface area (Å²) in [5.41, 5.74) is 3.05. The standard InChI is InChI=1S/C15H14N6O2/c1-8(20-15-13-14(17-6-16-13)18-7-19-15)9-2-3-11-10(4-9)21-12(22)5-23-11/h2-4,6-8H,5H2,1H3,(H,21,22)(H2,16,17,18,19,20)/t8-/m0/s1. The molecule has 1 amide bonds. The van der Waals surface area contributed by atoms with E-state index in [1.54, 1.807) is 6.33 Å². The summed E-state index contributed by atoms with van der Waals surface area (Å²) >= 11 is 0. The normalized spacial score (nSPS) is 14.7. The molecule has 8 nitrogen and oxygen atoms in total. The van der Waals surface area contributed by atoms with Crippen molar-refractivity contribution in [3.05, 3.63) is 36.4 Å². The predicted octanol–water partition coefficient (Wildman–Crippen LogP) is 1.86. The summed E-state index contributed by atoms with van der Waals surface area (Å²) < 4.78 is 5.37. The Hall–Kier alpha value is -3.16. The molecule has 0 spiro atoms. The molecule has 0 bridgehead atoms. The Balaban J connectivity index is 1.62. The Morgan fingerprint density at radius 3 is 3.13 bits per heavy atom. The highest BCUT2D eigenvalue weighted by Crippen LogP contribution is 2.31. The Morgan fingerprint density at radius 2 is 2.22 bits per heavy atom. The van der Waals surface area contributed by atoms with Crippen LogP contribution in [0.15, 0.2) is 30.9 Å². The number of benzene rings is 1. The Bertz CT molecular complexity index is 891. The SMILES string of the molecule is C[C@H](Nc1ncnc2nc[nH]c12)c1ccc2c(c1)NC(=O)CO2. The van der Waals surface area contributed by atoms with E-state index in [1.165, 1.54) is 6.33 Å². The van der Waals surface area contributed by atoms with Crippen molar-refractivity contribution >= 4 is 28.6 Å². The van der Waals surface area contributed by atoms with Gasteiger partial charge in [0, 0.05) is 0 Å². The number of hydrogen-bond donors (Lipinski definition) is 3. The van der Waals surface area contributed by atoms with Crippen LogP contribution >= 0.6 is 0 Å². The fourth-order valence-electron chi connectivity index (χ4n) is 2.53. The van der Waals surface area contributed by atoms with Crippen LogP contribution in [0, 0.1) is 0 Å². The first-order chi connectivity index (χ1) is 11.2. The molecule has 3 aromatic rings. The van der Waals surface area contributed by atoms with Gasteiger partial charge in [-0.15, -0.1) is 0 Å². The highest BCUT2D eigenvalue weighted by Gasteiger charge is 2.18. The van der Waals surface area contributed by atoms with Gasteiger partial charge in [-0.2, -0.15) is 0 Å². The largest absolute Gasteiger partial charge is 0.482 e. The van der Waals surface area contributed by atoms with Crippen LogP contribution in [0.3, 0.4) is 0 Å². The number of amides is 1. The Labute approximate surface area is 131 Å². The second-order valence-corrected chi connectivity index (χ2v) is 5.28. The lowest BCUT2D eigenvalue weighted by Gasteiger charge is -2.21. The lowest BCUT2D eigenvalue weighted by Crippen LogP contribution is -2.25. The number of H-pyrrole nitrogens is 1. The third kappa shape index (κ3) is 2.44. The minimum atomic E-state index is -0.148. The highest BCUT2D eigenvalue weighted by atomic mass is 16.5. The van der Waals surface area contributed by atoms with Crippen molar-refractivity contribution in [1.29, 1.82) is 0 Å². The first-order valence-corrected chi connectivity index (χ1v) is 7.18. The molecule has 2 aromatic heterocycles. The number of nitrogens with zero attached hydrogens (tertiary/aromatic N) is 3. The number of aromatic nitrogens is 4.